The molecule has 1 amide bonds. The highest BCUT2D eigenvalue weighted by molar-refractivity contribution is 5.82. The third kappa shape index (κ3) is 4.16. The number of amides is 1. The van der Waals surface area contributed by atoms with Crippen LogP contribution in [0.1, 0.15) is 39.0 Å². The van der Waals surface area contributed by atoms with Gasteiger partial charge in [0.15, 0.2) is 0 Å². The smallest absolute Gasteiger partial charge is 0.239 e. The molecule has 5 heteroatoms. The molecule has 2 rings (SSSR count). The molecule has 2 saturated heterocycles. The van der Waals surface area contributed by atoms with Crippen LogP contribution in [0.5, 0.6) is 0 Å². The molecule has 0 radical (unpaired) electrons. The van der Waals surface area contributed by atoms with Crippen molar-refractivity contribution in [2.45, 2.75) is 57.3 Å². The lowest BCUT2D eigenvalue weighted by molar-refractivity contribution is -0.133. The number of likely N-dealkylation sites (tertiary alicyclic amines) is 1. The summed E-state index contributed by atoms with van der Waals surface area (Å²) in [5, 5.41) is 12.6. The third-order valence-electron chi connectivity index (χ3n) is 3.95. The van der Waals surface area contributed by atoms with Gasteiger partial charge in [0, 0.05) is 26.2 Å². The van der Waals surface area contributed by atoms with Crippen LogP contribution in [-0.4, -0.2) is 60.4 Å². The molecular weight excluding hydrogens is 244 g/mol. The topological polar surface area (TPSA) is 61.8 Å². The number of rotatable bonds is 4. The van der Waals surface area contributed by atoms with E-state index in [0.29, 0.717) is 19.1 Å². The number of β-amino-alcohol motifs (C(OH)–C–C–N with tert-alkyl or cyclic N) is 1. The summed E-state index contributed by atoms with van der Waals surface area (Å²) < 4.78 is 5.79. The number of nitrogens with one attached hydrogen (secondary N) is 1. The van der Waals surface area contributed by atoms with E-state index in [1.807, 2.05) is 4.90 Å². The van der Waals surface area contributed by atoms with Crippen molar-refractivity contribution >= 4 is 5.91 Å². The fourth-order valence-corrected chi connectivity index (χ4v) is 2.86. The van der Waals surface area contributed by atoms with E-state index in [2.05, 4.69) is 12.2 Å². The van der Waals surface area contributed by atoms with Gasteiger partial charge in [-0.05, 0) is 32.1 Å². The highest BCUT2D eigenvalue weighted by Gasteiger charge is 2.32. The van der Waals surface area contributed by atoms with Gasteiger partial charge in [0.2, 0.25) is 5.91 Å². The molecule has 2 heterocycles. The van der Waals surface area contributed by atoms with Crippen LogP contribution in [0, 0.1) is 0 Å². The first-order valence-corrected chi connectivity index (χ1v) is 7.52. The van der Waals surface area contributed by atoms with Crippen LogP contribution in [0.2, 0.25) is 0 Å². The maximum absolute atomic E-state index is 12.3. The molecule has 2 aliphatic rings. The molecule has 5 nitrogen and oxygen atoms in total. The number of hydrogen-bond donors (Lipinski definition) is 2. The molecule has 0 aromatic rings. The van der Waals surface area contributed by atoms with Gasteiger partial charge in [0.25, 0.3) is 0 Å². The summed E-state index contributed by atoms with van der Waals surface area (Å²) in [4.78, 5) is 14.3. The molecule has 0 spiro atoms. The minimum atomic E-state index is -0.374. The van der Waals surface area contributed by atoms with Crippen LogP contribution in [0.4, 0.5) is 0 Å². The Hall–Kier alpha value is -0.650. The zero-order valence-corrected chi connectivity index (χ0v) is 11.8. The second-order valence-corrected chi connectivity index (χ2v) is 5.60. The number of carbonyl (C=O) groups is 1. The summed E-state index contributed by atoms with van der Waals surface area (Å²) in [7, 11) is 0. The molecule has 0 saturated carbocycles. The van der Waals surface area contributed by atoms with Gasteiger partial charge in [-0.15, -0.1) is 0 Å². The number of carbonyl (C=O) groups excluding carboxylic acids is 1. The first-order valence-electron chi connectivity index (χ1n) is 7.52. The lowest BCUT2D eigenvalue weighted by atomic mass is 10.1. The van der Waals surface area contributed by atoms with Gasteiger partial charge in [0.1, 0.15) is 0 Å². The van der Waals surface area contributed by atoms with Crippen molar-refractivity contribution in [2.24, 2.45) is 0 Å². The highest BCUT2D eigenvalue weighted by Crippen LogP contribution is 2.17. The summed E-state index contributed by atoms with van der Waals surface area (Å²) in [6, 6.07) is -0.192. The van der Waals surface area contributed by atoms with E-state index in [0.717, 1.165) is 45.4 Å². The fourth-order valence-electron chi connectivity index (χ4n) is 2.86. The third-order valence-corrected chi connectivity index (χ3v) is 3.95. The summed E-state index contributed by atoms with van der Waals surface area (Å²) in [5.74, 6) is 0.146. The summed E-state index contributed by atoms with van der Waals surface area (Å²) in [6.07, 6.45) is 4.51. The van der Waals surface area contributed by atoms with Crippen LogP contribution in [0.3, 0.4) is 0 Å². The van der Waals surface area contributed by atoms with Crippen LogP contribution in [0.15, 0.2) is 0 Å². The molecule has 0 bridgehead atoms. The van der Waals surface area contributed by atoms with Crippen LogP contribution >= 0.6 is 0 Å². The Morgan fingerprint density at radius 3 is 2.95 bits per heavy atom. The average molecular weight is 270 g/mol. The van der Waals surface area contributed by atoms with E-state index in [-0.39, 0.29) is 18.1 Å². The first kappa shape index (κ1) is 14.8. The van der Waals surface area contributed by atoms with Crippen LogP contribution < -0.4 is 5.32 Å². The van der Waals surface area contributed by atoms with Crippen molar-refractivity contribution in [2.75, 3.05) is 26.2 Å². The van der Waals surface area contributed by atoms with E-state index in [9.17, 15) is 9.90 Å². The van der Waals surface area contributed by atoms with E-state index in [1.165, 1.54) is 0 Å². The SMILES string of the molecule is CCCOC1CCCN(C(=O)C2CC(O)CN2)CC1. The molecule has 3 unspecified atom stereocenters. The predicted molar refractivity (Wildman–Crippen MR) is 72.9 cm³/mol. The monoisotopic (exact) mass is 270 g/mol. The molecule has 2 N–H and O–H groups in total. The molecule has 19 heavy (non-hydrogen) atoms. The average Bonchev–Trinajstić information content (AvgIpc) is 2.71. The number of aliphatic hydroxyl groups is 1. The Kier molecular flexibility index (Phi) is 5.60. The lowest BCUT2D eigenvalue weighted by Crippen LogP contribution is -2.44. The van der Waals surface area contributed by atoms with Crippen molar-refractivity contribution in [3.63, 3.8) is 0 Å². The van der Waals surface area contributed by atoms with E-state index < -0.39 is 0 Å². The number of hydrogen-bond acceptors (Lipinski definition) is 4. The predicted octanol–water partition coefficient (Wildman–Crippen LogP) is 0.517. The number of aliphatic hydroxyl groups excluding tert-OH is 1. The minimum absolute atomic E-state index is 0.146. The van der Waals surface area contributed by atoms with Crippen molar-refractivity contribution in [3.05, 3.63) is 0 Å². The van der Waals surface area contributed by atoms with Crippen LogP contribution in [0.25, 0.3) is 0 Å². The maximum atomic E-state index is 12.3. The molecule has 0 aromatic carbocycles. The maximum Gasteiger partial charge on any atom is 0.239 e. The quantitative estimate of drug-likeness (QED) is 0.782. The Balaban J connectivity index is 1.80. The number of ether oxygens (including phenoxy) is 1. The second kappa shape index (κ2) is 7.22. The Morgan fingerprint density at radius 2 is 2.26 bits per heavy atom. The second-order valence-electron chi connectivity index (χ2n) is 5.60. The first-order chi connectivity index (χ1) is 9.20. The van der Waals surface area contributed by atoms with Crippen molar-refractivity contribution in [3.8, 4) is 0 Å². The van der Waals surface area contributed by atoms with Gasteiger partial charge in [-0.2, -0.15) is 0 Å². The molecule has 3 atom stereocenters. The Bertz CT molecular complexity index is 298. The van der Waals surface area contributed by atoms with Gasteiger partial charge < -0.3 is 20.1 Å². The number of nitrogens with zero attached hydrogens (tertiary/aromatic N) is 1. The normalized spacial score (nSPS) is 32.3. The van der Waals surface area contributed by atoms with Gasteiger partial charge in [-0.1, -0.05) is 6.92 Å². The zero-order valence-electron chi connectivity index (χ0n) is 11.8. The molecule has 2 aliphatic heterocycles. The van der Waals surface area contributed by atoms with E-state index in [1.54, 1.807) is 0 Å². The minimum Gasteiger partial charge on any atom is -0.392 e. The summed E-state index contributed by atoms with van der Waals surface area (Å²) >= 11 is 0. The van der Waals surface area contributed by atoms with Gasteiger partial charge in [0.05, 0.1) is 18.2 Å². The lowest BCUT2D eigenvalue weighted by Gasteiger charge is -2.24. The largest absolute Gasteiger partial charge is 0.392 e. The fraction of sp³-hybridized carbons (Fsp3) is 0.929. The zero-order chi connectivity index (χ0) is 13.7. The Labute approximate surface area is 115 Å². The Morgan fingerprint density at radius 1 is 1.42 bits per heavy atom. The molecular formula is C14H26N2O3. The molecule has 2 fully saturated rings. The van der Waals surface area contributed by atoms with Crippen molar-refractivity contribution < 1.29 is 14.6 Å². The van der Waals surface area contributed by atoms with Crippen molar-refractivity contribution in [1.29, 1.82) is 0 Å². The molecule has 0 aromatic heterocycles. The summed E-state index contributed by atoms with van der Waals surface area (Å²) in [6.45, 7) is 5.06. The van der Waals surface area contributed by atoms with Crippen molar-refractivity contribution in [1.82, 2.24) is 10.2 Å². The van der Waals surface area contributed by atoms with Gasteiger partial charge >= 0.3 is 0 Å². The van der Waals surface area contributed by atoms with E-state index >= 15 is 0 Å². The van der Waals surface area contributed by atoms with Gasteiger partial charge in [-0.25, -0.2) is 0 Å². The van der Waals surface area contributed by atoms with Gasteiger partial charge in [-0.3, -0.25) is 4.79 Å². The molecule has 0 aliphatic carbocycles. The standard InChI is InChI=1S/C14H26N2O3/c1-2-8-19-12-4-3-6-16(7-5-12)14(18)13-9-11(17)10-15-13/h11-13,15,17H,2-10H2,1H3. The highest BCUT2D eigenvalue weighted by atomic mass is 16.5. The van der Waals surface area contributed by atoms with Crippen LogP contribution in [-0.2, 0) is 9.53 Å². The molecule has 110 valence electrons. The van der Waals surface area contributed by atoms with E-state index in [4.69, 9.17) is 4.74 Å². The summed E-state index contributed by atoms with van der Waals surface area (Å²) in [5.41, 5.74) is 0.